The average Bonchev–Trinajstić information content (AvgIpc) is 2.44. The van der Waals surface area contributed by atoms with Gasteiger partial charge in [0.05, 0.1) is 13.2 Å². The van der Waals surface area contributed by atoms with Crippen molar-refractivity contribution in [2.24, 2.45) is 14.1 Å². The van der Waals surface area contributed by atoms with Crippen molar-refractivity contribution in [3.05, 3.63) is 27.0 Å². The Balaban J connectivity index is 2.80. The van der Waals surface area contributed by atoms with Crippen LogP contribution < -0.4 is 16.0 Å². The zero-order chi connectivity index (χ0) is 16.0. The summed E-state index contributed by atoms with van der Waals surface area (Å²) in [6.45, 7) is 0.460. The largest absolute Gasteiger partial charge is 0.394 e. The van der Waals surface area contributed by atoms with Crippen LogP contribution in [0, 0.1) is 0 Å². The van der Waals surface area contributed by atoms with Crippen LogP contribution in [0.1, 0.15) is 6.42 Å². The zero-order valence-electron chi connectivity index (χ0n) is 11.9. The molecule has 1 rings (SSSR count). The molecule has 0 bridgehead atoms. The Morgan fingerprint density at radius 1 is 1.29 bits per heavy atom. The minimum atomic E-state index is -3.99. The smallest absolute Gasteiger partial charge is 0.330 e. The van der Waals surface area contributed by atoms with Crippen LogP contribution in [0.15, 0.2) is 20.7 Å². The van der Waals surface area contributed by atoms with Crippen LogP contribution >= 0.6 is 0 Å². The first-order valence-corrected chi connectivity index (χ1v) is 7.74. The molecule has 0 spiro atoms. The summed E-state index contributed by atoms with van der Waals surface area (Å²) in [5, 5.41) is 8.50. The van der Waals surface area contributed by atoms with Gasteiger partial charge in [-0.1, -0.05) is 0 Å². The summed E-state index contributed by atoms with van der Waals surface area (Å²) in [4.78, 5) is 22.9. The quantitative estimate of drug-likeness (QED) is 0.523. The van der Waals surface area contributed by atoms with E-state index in [4.69, 9.17) is 9.84 Å². The summed E-state index contributed by atoms with van der Waals surface area (Å²) in [5.41, 5.74) is -1.47. The van der Waals surface area contributed by atoms with E-state index in [0.29, 0.717) is 6.42 Å². The second-order valence-electron chi connectivity index (χ2n) is 4.34. The fraction of sp³-hybridized carbons (Fsp3) is 0.636. The number of aromatic nitrogens is 2. The van der Waals surface area contributed by atoms with Crippen molar-refractivity contribution < 1.29 is 18.3 Å². The number of aliphatic hydroxyl groups is 1. The van der Waals surface area contributed by atoms with Gasteiger partial charge in [0.15, 0.2) is 4.90 Å². The molecule has 1 aromatic rings. The number of aliphatic hydroxyl groups excluding tert-OH is 1. The fourth-order valence-electron chi connectivity index (χ4n) is 1.58. The van der Waals surface area contributed by atoms with E-state index >= 15 is 0 Å². The molecule has 1 heterocycles. The van der Waals surface area contributed by atoms with E-state index in [2.05, 4.69) is 4.72 Å². The van der Waals surface area contributed by atoms with E-state index < -0.39 is 26.2 Å². The van der Waals surface area contributed by atoms with E-state index in [9.17, 15) is 18.0 Å². The maximum Gasteiger partial charge on any atom is 0.330 e. The van der Waals surface area contributed by atoms with Gasteiger partial charge in [-0.15, -0.1) is 0 Å². The second-order valence-corrected chi connectivity index (χ2v) is 6.07. The average molecular weight is 321 g/mol. The number of nitrogens with zero attached hydrogens (tertiary/aromatic N) is 2. The molecule has 0 aromatic carbocycles. The summed E-state index contributed by atoms with van der Waals surface area (Å²) in [7, 11) is -1.41. The Morgan fingerprint density at radius 3 is 2.57 bits per heavy atom. The number of rotatable bonds is 8. The fourth-order valence-corrected chi connectivity index (χ4v) is 2.82. The minimum absolute atomic E-state index is 0.0831. The molecule has 21 heavy (non-hydrogen) atoms. The van der Waals surface area contributed by atoms with Crippen LogP contribution in [0.2, 0.25) is 0 Å². The Kier molecular flexibility index (Phi) is 6.27. The van der Waals surface area contributed by atoms with Crippen molar-refractivity contribution >= 4 is 10.0 Å². The predicted octanol–water partition coefficient (Wildman–Crippen LogP) is -2.24. The van der Waals surface area contributed by atoms with Crippen LogP contribution in [-0.2, 0) is 28.9 Å². The lowest BCUT2D eigenvalue weighted by molar-refractivity contribution is 0.0913. The third kappa shape index (κ3) is 4.49. The normalized spacial score (nSPS) is 11.8. The standard InChI is InChI=1S/C11H19N3O6S/c1-13-8-9(10(16)14(2)11(13)17)21(18,19)12-4-3-6-20-7-5-15/h8,12,15H,3-7H2,1-2H3. The first-order valence-electron chi connectivity index (χ1n) is 6.26. The highest BCUT2D eigenvalue weighted by atomic mass is 32.2. The van der Waals surface area contributed by atoms with Gasteiger partial charge in [-0.2, -0.15) is 0 Å². The van der Waals surface area contributed by atoms with Crippen LogP contribution in [-0.4, -0.2) is 49.0 Å². The molecule has 0 unspecified atom stereocenters. The van der Waals surface area contributed by atoms with Crippen LogP contribution in [0.25, 0.3) is 0 Å². The molecular formula is C11H19N3O6S. The molecule has 0 aliphatic carbocycles. The molecule has 2 N–H and O–H groups in total. The number of aryl methyl sites for hydroxylation is 1. The maximum absolute atomic E-state index is 12.0. The van der Waals surface area contributed by atoms with Gasteiger partial charge in [-0.25, -0.2) is 17.9 Å². The molecule has 0 aliphatic rings. The van der Waals surface area contributed by atoms with Gasteiger partial charge in [-0.3, -0.25) is 9.36 Å². The van der Waals surface area contributed by atoms with Gasteiger partial charge >= 0.3 is 5.69 Å². The lowest BCUT2D eigenvalue weighted by atomic mass is 10.5. The van der Waals surface area contributed by atoms with E-state index in [1.54, 1.807) is 0 Å². The van der Waals surface area contributed by atoms with E-state index in [-0.39, 0.29) is 26.4 Å². The van der Waals surface area contributed by atoms with Crippen molar-refractivity contribution in [2.75, 3.05) is 26.4 Å². The Hall–Kier alpha value is -1.49. The van der Waals surface area contributed by atoms with Crippen LogP contribution in [0.5, 0.6) is 0 Å². The molecule has 0 fully saturated rings. The highest BCUT2D eigenvalue weighted by molar-refractivity contribution is 7.89. The summed E-state index contributed by atoms with van der Waals surface area (Å²) < 4.78 is 33.1. The lowest BCUT2D eigenvalue weighted by Gasteiger charge is -2.09. The molecule has 1 aromatic heterocycles. The van der Waals surface area contributed by atoms with Crippen molar-refractivity contribution in [1.29, 1.82) is 0 Å². The maximum atomic E-state index is 12.0. The molecule has 0 aliphatic heterocycles. The number of hydrogen-bond donors (Lipinski definition) is 2. The molecule has 10 heteroatoms. The van der Waals surface area contributed by atoms with Gasteiger partial charge in [0.25, 0.3) is 5.56 Å². The summed E-state index contributed by atoms with van der Waals surface area (Å²) in [5.74, 6) is 0. The third-order valence-electron chi connectivity index (χ3n) is 2.70. The van der Waals surface area contributed by atoms with Gasteiger partial charge < -0.3 is 14.4 Å². The molecule has 0 saturated carbocycles. The van der Waals surface area contributed by atoms with Crippen molar-refractivity contribution in [3.63, 3.8) is 0 Å². The van der Waals surface area contributed by atoms with E-state index in [1.165, 1.54) is 14.1 Å². The number of ether oxygens (including phenoxy) is 1. The third-order valence-corrected chi connectivity index (χ3v) is 4.14. The monoisotopic (exact) mass is 321 g/mol. The first kappa shape index (κ1) is 17.6. The van der Waals surface area contributed by atoms with Gasteiger partial charge in [0.2, 0.25) is 10.0 Å². The topological polar surface area (TPSA) is 120 Å². The van der Waals surface area contributed by atoms with Crippen molar-refractivity contribution in [2.45, 2.75) is 11.3 Å². The van der Waals surface area contributed by atoms with Crippen molar-refractivity contribution in [3.8, 4) is 0 Å². The van der Waals surface area contributed by atoms with Gasteiger partial charge in [0.1, 0.15) is 0 Å². The number of nitrogens with one attached hydrogen (secondary N) is 1. The Labute approximate surface area is 121 Å². The van der Waals surface area contributed by atoms with Crippen LogP contribution in [0.4, 0.5) is 0 Å². The molecule has 0 amide bonds. The lowest BCUT2D eigenvalue weighted by Crippen LogP contribution is -2.41. The Morgan fingerprint density at radius 2 is 1.95 bits per heavy atom. The molecule has 120 valence electrons. The molecular weight excluding hydrogens is 302 g/mol. The number of hydrogen-bond acceptors (Lipinski definition) is 6. The molecule has 0 radical (unpaired) electrons. The van der Waals surface area contributed by atoms with E-state index in [1.807, 2.05) is 0 Å². The summed E-state index contributed by atoms with van der Waals surface area (Å²) >= 11 is 0. The predicted molar refractivity (Wildman–Crippen MR) is 74.6 cm³/mol. The summed E-state index contributed by atoms with van der Waals surface area (Å²) in [6.07, 6.45) is 1.39. The van der Waals surface area contributed by atoms with Gasteiger partial charge in [0, 0.05) is 33.4 Å². The molecule has 0 saturated heterocycles. The van der Waals surface area contributed by atoms with Crippen LogP contribution in [0.3, 0.4) is 0 Å². The first-order chi connectivity index (χ1) is 9.81. The highest BCUT2D eigenvalue weighted by Gasteiger charge is 2.20. The summed E-state index contributed by atoms with van der Waals surface area (Å²) in [6, 6.07) is 0. The molecule has 9 nitrogen and oxygen atoms in total. The van der Waals surface area contributed by atoms with Gasteiger partial charge in [-0.05, 0) is 6.42 Å². The second kappa shape index (κ2) is 7.50. The highest BCUT2D eigenvalue weighted by Crippen LogP contribution is 1.99. The van der Waals surface area contributed by atoms with E-state index in [0.717, 1.165) is 15.3 Å². The van der Waals surface area contributed by atoms with Crippen molar-refractivity contribution in [1.82, 2.24) is 13.9 Å². The minimum Gasteiger partial charge on any atom is -0.394 e. The number of sulfonamides is 1. The zero-order valence-corrected chi connectivity index (χ0v) is 12.7. The SMILES string of the molecule is Cn1cc(S(=O)(=O)NCCCOCCO)c(=O)n(C)c1=O. The molecule has 0 atom stereocenters. The Bertz CT molecular complexity index is 691.